The maximum atomic E-state index is 14.6. The standard InChI is InChI=1S/C22H23Cl2F2N5/c1-13-9-20(30-29-13)28-19-11-17(24)22(26)18(27-19)10-14-5-7-31(8-6-14)12-15-3-2-4-16(23)21(15)25/h2-4,9,11,14H,5-8,10,12H2,1H3,(H2,27,28,29,30). The van der Waals surface area contributed by atoms with Crippen LogP contribution in [-0.4, -0.2) is 33.2 Å². The fourth-order valence-electron chi connectivity index (χ4n) is 3.89. The fourth-order valence-corrected chi connectivity index (χ4v) is 4.30. The van der Waals surface area contributed by atoms with E-state index in [1.807, 2.05) is 13.0 Å². The Bertz CT molecular complexity index is 1060. The van der Waals surface area contributed by atoms with E-state index in [1.54, 1.807) is 18.2 Å². The van der Waals surface area contributed by atoms with Gasteiger partial charge in [-0.1, -0.05) is 35.3 Å². The third-order valence-corrected chi connectivity index (χ3v) is 6.13. The molecule has 0 saturated carbocycles. The SMILES string of the molecule is Cc1cc(Nc2cc(Cl)c(F)c(CC3CCN(Cc4cccc(Cl)c4F)CC3)n2)n[nH]1. The van der Waals surface area contributed by atoms with Crippen LogP contribution in [0.25, 0.3) is 0 Å². The Balaban J connectivity index is 1.38. The maximum absolute atomic E-state index is 14.6. The zero-order valence-corrected chi connectivity index (χ0v) is 18.6. The van der Waals surface area contributed by atoms with Gasteiger partial charge in [0.05, 0.1) is 15.7 Å². The molecule has 0 bridgehead atoms. The van der Waals surface area contributed by atoms with Gasteiger partial charge in [0.25, 0.3) is 0 Å². The van der Waals surface area contributed by atoms with E-state index >= 15 is 0 Å². The van der Waals surface area contributed by atoms with Gasteiger partial charge in [0, 0.05) is 29.9 Å². The van der Waals surface area contributed by atoms with E-state index in [1.165, 1.54) is 6.07 Å². The molecule has 1 aliphatic rings. The van der Waals surface area contributed by atoms with Gasteiger partial charge in [0.2, 0.25) is 0 Å². The lowest BCUT2D eigenvalue weighted by Crippen LogP contribution is -2.34. The fraction of sp³-hybridized carbons (Fsp3) is 0.364. The summed E-state index contributed by atoms with van der Waals surface area (Å²) >= 11 is 12.0. The number of aryl methyl sites for hydroxylation is 1. The Morgan fingerprint density at radius 1 is 1.10 bits per heavy atom. The van der Waals surface area contributed by atoms with Crippen LogP contribution in [0.4, 0.5) is 20.4 Å². The molecule has 0 spiro atoms. The highest BCUT2D eigenvalue weighted by atomic mass is 35.5. The summed E-state index contributed by atoms with van der Waals surface area (Å²) in [6.45, 7) is 4.01. The third kappa shape index (κ3) is 5.34. The molecule has 2 N–H and O–H groups in total. The quantitative estimate of drug-likeness (QED) is 0.475. The first-order valence-corrected chi connectivity index (χ1v) is 10.9. The van der Waals surface area contributed by atoms with E-state index in [0.29, 0.717) is 35.9 Å². The summed E-state index contributed by atoms with van der Waals surface area (Å²) in [5, 5.41) is 10.2. The van der Waals surface area contributed by atoms with Gasteiger partial charge in [0.15, 0.2) is 11.6 Å². The average molecular weight is 466 g/mol. The van der Waals surface area contributed by atoms with Crippen molar-refractivity contribution >= 4 is 34.8 Å². The molecular formula is C22H23Cl2F2N5. The predicted molar refractivity (Wildman–Crippen MR) is 119 cm³/mol. The van der Waals surface area contributed by atoms with Crippen LogP contribution in [0.5, 0.6) is 0 Å². The minimum Gasteiger partial charge on any atom is -0.323 e. The number of nitrogens with one attached hydrogen (secondary N) is 2. The van der Waals surface area contributed by atoms with Crippen molar-refractivity contribution < 1.29 is 8.78 Å². The Morgan fingerprint density at radius 3 is 2.58 bits per heavy atom. The molecule has 1 fully saturated rings. The highest BCUT2D eigenvalue weighted by molar-refractivity contribution is 6.31. The normalized spacial score (nSPS) is 15.4. The number of aromatic amines is 1. The summed E-state index contributed by atoms with van der Waals surface area (Å²) in [4.78, 5) is 6.63. The maximum Gasteiger partial charge on any atom is 0.163 e. The molecule has 0 aliphatic carbocycles. The lowest BCUT2D eigenvalue weighted by atomic mass is 9.91. The van der Waals surface area contributed by atoms with E-state index in [9.17, 15) is 8.78 Å². The lowest BCUT2D eigenvalue weighted by Gasteiger charge is -2.32. The molecule has 0 atom stereocenters. The number of H-pyrrole nitrogens is 1. The third-order valence-electron chi connectivity index (χ3n) is 5.56. The van der Waals surface area contributed by atoms with Crippen molar-refractivity contribution in [1.29, 1.82) is 0 Å². The molecular weight excluding hydrogens is 443 g/mol. The van der Waals surface area contributed by atoms with Crippen LogP contribution >= 0.6 is 23.2 Å². The molecule has 5 nitrogen and oxygen atoms in total. The molecule has 0 radical (unpaired) electrons. The van der Waals surface area contributed by atoms with E-state index in [4.69, 9.17) is 23.2 Å². The van der Waals surface area contributed by atoms with E-state index < -0.39 is 5.82 Å². The summed E-state index contributed by atoms with van der Waals surface area (Å²) in [6.07, 6.45) is 2.24. The second kappa shape index (κ2) is 9.51. The molecule has 4 rings (SSSR count). The number of pyridine rings is 1. The Morgan fingerprint density at radius 2 is 1.87 bits per heavy atom. The first-order chi connectivity index (χ1) is 14.9. The number of halogens is 4. The first-order valence-electron chi connectivity index (χ1n) is 10.2. The minimum absolute atomic E-state index is 0.0358. The molecule has 3 heterocycles. The molecule has 9 heteroatoms. The minimum atomic E-state index is -0.478. The van der Waals surface area contributed by atoms with Gasteiger partial charge >= 0.3 is 0 Å². The molecule has 0 amide bonds. The number of hydrogen-bond donors (Lipinski definition) is 2. The van der Waals surface area contributed by atoms with Crippen LogP contribution in [0.3, 0.4) is 0 Å². The molecule has 2 aromatic heterocycles. The van der Waals surface area contributed by atoms with Crippen molar-refractivity contribution in [2.75, 3.05) is 18.4 Å². The number of likely N-dealkylation sites (tertiary alicyclic amines) is 1. The Hall–Kier alpha value is -2.22. The number of piperidine rings is 1. The van der Waals surface area contributed by atoms with Gasteiger partial charge in [0.1, 0.15) is 11.6 Å². The zero-order chi connectivity index (χ0) is 22.0. The van der Waals surface area contributed by atoms with Gasteiger partial charge in [-0.05, 0) is 51.3 Å². The highest BCUT2D eigenvalue weighted by Gasteiger charge is 2.23. The summed E-state index contributed by atoms with van der Waals surface area (Å²) < 4.78 is 28.8. The van der Waals surface area contributed by atoms with Crippen LogP contribution in [0, 0.1) is 24.5 Å². The number of nitrogens with zero attached hydrogens (tertiary/aromatic N) is 3. The van der Waals surface area contributed by atoms with Crippen LogP contribution in [0.2, 0.25) is 10.0 Å². The van der Waals surface area contributed by atoms with Crippen LogP contribution in [0.15, 0.2) is 30.3 Å². The highest BCUT2D eigenvalue weighted by Crippen LogP contribution is 2.28. The molecule has 1 aromatic carbocycles. The van der Waals surface area contributed by atoms with Crippen molar-refractivity contribution in [3.63, 3.8) is 0 Å². The zero-order valence-electron chi connectivity index (χ0n) is 17.1. The van der Waals surface area contributed by atoms with Crippen LogP contribution in [-0.2, 0) is 13.0 Å². The summed E-state index contributed by atoms with van der Waals surface area (Å²) in [6, 6.07) is 8.37. The van der Waals surface area contributed by atoms with Crippen molar-refractivity contribution in [1.82, 2.24) is 20.1 Å². The van der Waals surface area contributed by atoms with Crippen molar-refractivity contribution in [2.24, 2.45) is 5.92 Å². The predicted octanol–water partition coefficient (Wildman–Crippen LogP) is 5.90. The van der Waals surface area contributed by atoms with Gasteiger partial charge < -0.3 is 5.32 Å². The monoisotopic (exact) mass is 465 g/mol. The molecule has 1 aliphatic heterocycles. The van der Waals surface area contributed by atoms with E-state index in [-0.39, 0.29) is 21.8 Å². The van der Waals surface area contributed by atoms with E-state index in [2.05, 4.69) is 25.4 Å². The second-order valence-corrected chi connectivity index (χ2v) is 8.76. The topological polar surface area (TPSA) is 56.8 Å². The number of hydrogen-bond acceptors (Lipinski definition) is 4. The number of benzene rings is 1. The van der Waals surface area contributed by atoms with Gasteiger partial charge in [-0.3, -0.25) is 10.00 Å². The number of anilines is 2. The Labute approximate surface area is 189 Å². The largest absolute Gasteiger partial charge is 0.323 e. The summed E-state index contributed by atoms with van der Waals surface area (Å²) in [7, 11) is 0. The van der Waals surface area contributed by atoms with Crippen molar-refractivity contribution in [3.05, 3.63) is 69.0 Å². The lowest BCUT2D eigenvalue weighted by molar-refractivity contribution is 0.174. The summed E-state index contributed by atoms with van der Waals surface area (Å²) in [5.41, 5.74) is 1.85. The second-order valence-electron chi connectivity index (χ2n) is 7.95. The van der Waals surface area contributed by atoms with Crippen molar-refractivity contribution in [2.45, 2.75) is 32.7 Å². The number of rotatable bonds is 6. The smallest absolute Gasteiger partial charge is 0.163 e. The molecule has 3 aromatic rings. The van der Waals surface area contributed by atoms with Crippen molar-refractivity contribution in [3.8, 4) is 0 Å². The molecule has 0 unspecified atom stereocenters. The Kier molecular flexibility index (Phi) is 6.74. The average Bonchev–Trinajstić information content (AvgIpc) is 3.15. The van der Waals surface area contributed by atoms with Crippen LogP contribution < -0.4 is 5.32 Å². The van der Waals surface area contributed by atoms with E-state index in [0.717, 1.165) is 31.6 Å². The van der Waals surface area contributed by atoms with Crippen LogP contribution in [0.1, 0.15) is 29.8 Å². The van der Waals surface area contributed by atoms with Gasteiger partial charge in [-0.2, -0.15) is 5.10 Å². The number of aromatic nitrogens is 3. The molecule has 31 heavy (non-hydrogen) atoms. The molecule has 164 valence electrons. The molecule has 1 saturated heterocycles. The van der Waals surface area contributed by atoms with Gasteiger partial charge in [-0.25, -0.2) is 13.8 Å². The summed E-state index contributed by atoms with van der Waals surface area (Å²) in [5.74, 6) is 0.501. The first kappa shape index (κ1) is 22.0. The van der Waals surface area contributed by atoms with Gasteiger partial charge in [-0.15, -0.1) is 0 Å².